The summed E-state index contributed by atoms with van der Waals surface area (Å²) in [5.74, 6) is 1.81. The van der Waals surface area contributed by atoms with E-state index in [1.165, 1.54) is 25.7 Å². The van der Waals surface area contributed by atoms with Gasteiger partial charge >= 0.3 is 0 Å². The van der Waals surface area contributed by atoms with Crippen LogP contribution in [0.3, 0.4) is 0 Å². The highest BCUT2D eigenvalue weighted by Gasteiger charge is 2.18. The molecule has 0 spiro atoms. The first-order valence-electron chi connectivity index (χ1n) is 7.54. The fourth-order valence-electron chi connectivity index (χ4n) is 2.94. The highest BCUT2D eigenvalue weighted by atomic mass is 35.5. The monoisotopic (exact) mass is 321 g/mol. The highest BCUT2D eigenvalue weighted by Crippen LogP contribution is 2.36. The molecule has 1 aromatic carbocycles. The number of nitrogens with one attached hydrogen (secondary N) is 1. The minimum atomic E-state index is 0.244. The molecular formula is C16H20ClN3S. The Morgan fingerprint density at radius 3 is 2.86 bits per heavy atom. The second-order valence-corrected chi connectivity index (χ2v) is 7.42. The summed E-state index contributed by atoms with van der Waals surface area (Å²) in [6.45, 7) is 2.14. The van der Waals surface area contributed by atoms with E-state index in [0.29, 0.717) is 0 Å². The third-order valence-corrected chi connectivity index (χ3v) is 5.44. The average Bonchev–Trinajstić information content (AvgIpc) is 3.12. The minimum absolute atomic E-state index is 0.244. The number of thioether (sulfide) groups is 1. The van der Waals surface area contributed by atoms with E-state index in [-0.39, 0.29) is 5.25 Å². The highest BCUT2D eigenvalue weighted by molar-refractivity contribution is 7.99. The zero-order valence-corrected chi connectivity index (χ0v) is 13.8. The predicted octanol–water partition coefficient (Wildman–Crippen LogP) is 5.04. The van der Waals surface area contributed by atoms with Crippen LogP contribution in [-0.4, -0.2) is 15.2 Å². The number of hydrogen-bond acceptors (Lipinski definition) is 3. The summed E-state index contributed by atoms with van der Waals surface area (Å²) < 4.78 is 0. The number of aromatic nitrogens is 3. The molecule has 1 atom stereocenters. The Morgan fingerprint density at radius 2 is 2.10 bits per heavy atom. The quantitative estimate of drug-likeness (QED) is 0.784. The molecule has 3 nitrogen and oxygen atoms in total. The third kappa shape index (κ3) is 3.80. The number of aromatic amines is 1. The summed E-state index contributed by atoms with van der Waals surface area (Å²) in [5.41, 5.74) is 1.13. The number of rotatable bonds is 5. The molecule has 21 heavy (non-hydrogen) atoms. The fraction of sp³-hybridized carbons (Fsp3) is 0.500. The van der Waals surface area contributed by atoms with Gasteiger partial charge in [0.25, 0.3) is 0 Å². The van der Waals surface area contributed by atoms with Crippen LogP contribution in [0, 0.1) is 5.92 Å². The summed E-state index contributed by atoms with van der Waals surface area (Å²) in [7, 11) is 0. The van der Waals surface area contributed by atoms with E-state index in [1.54, 1.807) is 11.8 Å². The molecule has 1 unspecified atom stereocenters. The van der Waals surface area contributed by atoms with Gasteiger partial charge in [-0.05, 0) is 24.5 Å². The van der Waals surface area contributed by atoms with Crippen molar-refractivity contribution in [3.8, 4) is 0 Å². The van der Waals surface area contributed by atoms with Gasteiger partial charge in [0.2, 0.25) is 5.16 Å². The average molecular weight is 322 g/mol. The van der Waals surface area contributed by atoms with Crippen molar-refractivity contribution in [1.29, 1.82) is 0 Å². The summed E-state index contributed by atoms with van der Waals surface area (Å²) >= 11 is 7.89. The van der Waals surface area contributed by atoms with Crippen LogP contribution in [0.5, 0.6) is 0 Å². The summed E-state index contributed by atoms with van der Waals surface area (Å²) in [4.78, 5) is 4.62. The van der Waals surface area contributed by atoms with Crippen molar-refractivity contribution in [2.75, 3.05) is 0 Å². The zero-order chi connectivity index (χ0) is 14.7. The molecule has 1 heterocycles. The molecule has 112 valence electrons. The van der Waals surface area contributed by atoms with E-state index in [4.69, 9.17) is 11.6 Å². The van der Waals surface area contributed by atoms with Crippen molar-refractivity contribution in [3.63, 3.8) is 0 Å². The second-order valence-electron chi connectivity index (χ2n) is 5.70. The standard InChI is InChI=1S/C16H20ClN3S/c1-11(13-8-4-5-9-14(13)17)21-16-18-15(19-20-16)10-12-6-2-3-7-12/h4-5,8-9,11-12H,2-3,6-7,10H2,1H3,(H,18,19,20). The van der Waals surface area contributed by atoms with Gasteiger partial charge < -0.3 is 0 Å². The van der Waals surface area contributed by atoms with Gasteiger partial charge in [0.1, 0.15) is 5.82 Å². The van der Waals surface area contributed by atoms with Crippen molar-refractivity contribution in [2.45, 2.75) is 49.4 Å². The van der Waals surface area contributed by atoms with Crippen LogP contribution >= 0.6 is 23.4 Å². The van der Waals surface area contributed by atoms with E-state index in [2.05, 4.69) is 28.2 Å². The fourth-order valence-corrected chi connectivity index (χ4v) is 4.21. The van der Waals surface area contributed by atoms with Gasteiger partial charge in [-0.3, -0.25) is 5.10 Å². The second kappa shape index (κ2) is 6.84. The Balaban J connectivity index is 1.62. The largest absolute Gasteiger partial charge is 0.262 e. The van der Waals surface area contributed by atoms with E-state index >= 15 is 0 Å². The lowest BCUT2D eigenvalue weighted by atomic mass is 10.0. The van der Waals surface area contributed by atoms with Crippen LogP contribution in [0.4, 0.5) is 0 Å². The third-order valence-electron chi connectivity index (χ3n) is 4.09. The molecule has 1 aromatic heterocycles. The predicted molar refractivity (Wildman–Crippen MR) is 87.8 cm³/mol. The van der Waals surface area contributed by atoms with Gasteiger partial charge in [0, 0.05) is 16.7 Å². The van der Waals surface area contributed by atoms with Crippen molar-refractivity contribution in [3.05, 3.63) is 40.7 Å². The molecule has 1 fully saturated rings. The molecule has 1 saturated carbocycles. The van der Waals surface area contributed by atoms with Crippen LogP contribution < -0.4 is 0 Å². The first-order chi connectivity index (χ1) is 10.2. The Hall–Kier alpha value is -1.00. The van der Waals surface area contributed by atoms with E-state index in [0.717, 1.165) is 33.9 Å². The normalized spacial score (nSPS) is 17.2. The summed E-state index contributed by atoms with van der Waals surface area (Å²) in [6.07, 6.45) is 6.43. The van der Waals surface area contributed by atoms with Crippen molar-refractivity contribution in [1.82, 2.24) is 15.2 Å². The van der Waals surface area contributed by atoms with Crippen LogP contribution in [0.15, 0.2) is 29.4 Å². The molecule has 0 bridgehead atoms. The number of H-pyrrole nitrogens is 1. The number of halogens is 1. The smallest absolute Gasteiger partial charge is 0.209 e. The van der Waals surface area contributed by atoms with Gasteiger partial charge in [0.15, 0.2) is 0 Å². The maximum atomic E-state index is 6.24. The molecule has 0 amide bonds. The molecule has 3 rings (SSSR count). The summed E-state index contributed by atoms with van der Waals surface area (Å²) in [6, 6.07) is 7.96. The molecule has 5 heteroatoms. The van der Waals surface area contributed by atoms with E-state index < -0.39 is 0 Å². The zero-order valence-electron chi connectivity index (χ0n) is 12.2. The van der Waals surface area contributed by atoms with Crippen LogP contribution in [-0.2, 0) is 6.42 Å². The molecule has 0 aliphatic heterocycles. The van der Waals surface area contributed by atoms with Crippen molar-refractivity contribution < 1.29 is 0 Å². The Kier molecular flexibility index (Phi) is 4.86. The molecular weight excluding hydrogens is 302 g/mol. The van der Waals surface area contributed by atoms with Crippen molar-refractivity contribution in [2.24, 2.45) is 5.92 Å². The molecule has 0 radical (unpaired) electrons. The van der Waals surface area contributed by atoms with Gasteiger partial charge in [-0.1, -0.05) is 67.2 Å². The SMILES string of the molecule is CC(Sc1n[nH]c(CC2CCCC2)n1)c1ccccc1Cl. The number of nitrogens with zero attached hydrogens (tertiary/aromatic N) is 2. The summed E-state index contributed by atoms with van der Waals surface area (Å²) in [5, 5.41) is 9.29. The first kappa shape index (κ1) is 14.9. The van der Waals surface area contributed by atoms with Crippen LogP contribution in [0.2, 0.25) is 5.02 Å². The molecule has 1 aliphatic carbocycles. The lowest BCUT2D eigenvalue weighted by molar-refractivity contribution is 0.531. The lowest BCUT2D eigenvalue weighted by Crippen LogP contribution is -2.00. The molecule has 0 saturated heterocycles. The minimum Gasteiger partial charge on any atom is -0.262 e. The molecule has 2 aromatic rings. The van der Waals surface area contributed by atoms with E-state index in [9.17, 15) is 0 Å². The van der Waals surface area contributed by atoms with Gasteiger partial charge in [-0.2, -0.15) is 0 Å². The van der Waals surface area contributed by atoms with E-state index in [1.807, 2.05) is 18.2 Å². The lowest BCUT2D eigenvalue weighted by Gasteiger charge is -2.10. The Morgan fingerprint density at radius 1 is 1.33 bits per heavy atom. The maximum absolute atomic E-state index is 6.24. The number of benzene rings is 1. The van der Waals surface area contributed by atoms with Gasteiger partial charge in [0.05, 0.1) is 0 Å². The Bertz CT molecular complexity index is 593. The van der Waals surface area contributed by atoms with Gasteiger partial charge in [-0.15, -0.1) is 5.10 Å². The Labute approximate surface area is 134 Å². The van der Waals surface area contributed by atoms with Crippen LogP contribution in [0.1, 0.15) is 49.2 Å². The first-order valence-corrected chi connectivity index (χ1v) is 8.80. The molecule has 1 aliphatic rings. The van der Waals surface area contributed by atoms with Crippen LogP contribution in [0.25, 0.3) is 0 Å². The molecule has 1 N–H and O–H groups in total. The maximum Gasteiger partial charge on any atom is 0.209 e. The number of hydrogen-bond donors (Lipinski definition) is 1. The topological polar surface area (TPSA) is 41.6 Å². The van der Waals surface area contributed by atoms with Gasteiger partial charge in [-0.25, -0.2) is 4.98 Å². The van der Waals surface area contributed by atoms with Crippen molar-refractivity contribution >= 4 is 23.4 Å².